The standard InChI is InChI=1S/C19H15N3O/c20-13-17-19(21-14-16-9-5-2-6-10-16)23-18(22-17)12-11-15-7-3-1-4-8-15/h1-12,21H,14H2/b12-11+. The molecule has 112 valence electrons. The number of anilines is 1. The molecule has 0 fully saturated rings. The lowest BCUT2D eigenvalue weighted by molar-refractivity contribution is 0.557. The quantitative estimate of drug-likeness (QED) is 0.762. The van der Waals surface area contributed by atoms with Crippen molar-refractivity contribution < 1.29 is 4.42 Å². The van der Waals surface area contributed by atoms with Crippen LogP contribution in [0, 0.1) is 11.3 Å². The molecular formula is C19H15N3O. The van der Waals surface area contributed by atoms with Gasteiger partial charge in [0.05, 0.1) is 0 Å². The highest BCUT2D eigenvalue weighted by Gasteiger charge is 2.10. The SMILES string of the molecule is N#Cc1nc(/C=C/c2ccccc2)oc1NCc1ccccc1. The normalized spacial score (nSPS) is 10.6. The van der Waals surface area contributed by atoms with Crippen molar-refractivity contribution in [2.45, 2.75) is 6.54 Å². The third kappa shape index (κ3) is 3.86. The first-order valence-electron chi connectivity index (χ1n) is 7.27. The van der Waals surface area contributed by atoms with Gasteiger partial charge in [-0.2, -0.15) is 10.2 Å². The van der Waals surface area contributed by atoms with Gasteiger partial charge in [0, 0.05) is 12.6 Å². The molecule has 4 nitrogen and oxygen atoms in total. The maximum atomic E-state index is 9.18. The average molecular weight is 301 g/mol. The monoisotopic (exact) mass is 301 g/mol. The van der Waals surface area contributed by atoms with Crippen LogP contribution in [0.2, 0.25) is 0 Å². The highest BCUT2D eigenvalue weighted by atomic mass is 16.4. The van der Waals surface area contributed by atoms with Crippen molar-refractivity contribution in [3.8, 4) is 6.07 Å². The van der Waals surface area contributed by atoms with E-state index in [1.165, 1.54) is 0 Å². The summed E-state index contributed by atoms with van der Waals surface area (Å²) in [5, 5.41) is 12.3. The third-order valence-electron chi connectivity index (χ3n) is 3.26. The molecule has 23 heavy (non-hydrogen) atoms. The van der Waals surface area contributed by atoms with E-state index >= 15 is 0 Å². The second-order valence-electron chi connectivity index (χ2n) is 4.92. The molecule has 3 rings (SSSR count). The Morgan fingerprint density at radius 1 is 1.00 bits per heavy atom. The van der Waals surface area contributed by atoms with Crippen LogP contribution < -0.4 is 5.32 Å². The molecule has 0 atom stereocenters. The van der Waals surface area contributed by atoms with Crippen molar-refractivity contribution in [1.82, 2.24) is 4.98 Å². The van der Waals surface area contributed by atoms with Crippen LogP contribution in [0.5, 0.6) is 0 Å². The maximum Gasteiger partial charge on any atom is 0.232 e. The van der Waals surface area contributed by atoms with E-state index in [0.717, 1.165) is 11.1 Å². The molecule has 0 radical (unpaired) electrons. The summed E-state index contributed by atoms with van der Waals surface area (Å²) in [4.78, 5) is 4.18. The number of nitrogens with zero attached hydrogens (tertiary/aromatic N) is 2. The summed E-state index contributed by atoms with van der Waals surface area (Å²) in [5.74, 6) is 0.796. The van der Waals surface area contributed by atoms with E-state index in [9.17, 15) is 5.26 Å². The summed E-state index contributed by atoms with van der Waals surface area (Å²) >= 11 is 0. The molecule has 1 N–H and O–H groups in total. The lowest BCUT2D eigenvalue weighted by atomic mass is 10.2. The fourth-order valence-electron chi connectivity index (χ4n) is 2.11. The lowest BCUT2D eigenvalue weighted by Gasteiger charge is -2.02. The maximum absolute atomic E-state index is 9.18. The Morgan fingerprint density at radius 3 is 2.39 bits per heavy atom. The fraction of sp³-hybridized carbons (Fsp3) is 0.0526. The van der Waals surface area contributed by atoms with Crippen molar-refractivity contribution in [1.29, 1.82) is 5.26 Å². The number of nitrogens with one attached hydrogen (secondary N) is 1. The van der Waals surface area contributed by atoms with Gasteiger partial charge < -0.3 is 9.73 Å². The number of benzene rings is 2. The van der Waals surface area contributed by atoms with Gasteiger partial charge in [-0.25, -0.2) is 0 Å². The van der Waals surface area contributed by atoms with Crippen LogP contribution in [-0.4, -0.2) is 4.98 Å². The van der Waals surface area contributed by atoms with E-state index in [1.807, 2.05) is 72.8 Å². The van der Waals surface area contributed by atoms with Crippen LogP contribution in [0.3, 0.4) is 0 Å². The first kappa shape index (κ1) is 14.6. The van der Waals surface area contributed by atoms with E-state index in [4.69, 9.17) is 4.42 Å². The molecule has 1 heterocycles. The van der Waals surface area contributed by atoms with E-state index in [-0.39, 0.29) is 5.69 Å². The zero-order valence-corrected chi connectivity index (χ0v) is 12.4. The van der Waals surface area contributed by atoms with Crippen molar-refractivity contribution in [2.24, 2.45) is 0 Å². The number of hydrogen-bond donors (Lipinski definition) is 1. The molecule has 1 aromatic heterocycles. The second kappa shape index (κ2) is 7.10. The largest absolute Gasteiger partial charge is 0.420 e. The Morgan fingerprint density at radius 2 is 1.70 bits per heavy atom. The molecule has 0 saturated carbocycles. The molecular weight excluding hydrogens is 286 g/mol. The first-order valence-corrected chi connectivity index (χ1v) is 7.27. The van der Waals surface area contributed by atoms with Gasteiger partial charge in [0.15, 0.2) is 0 Å². The van der Waals surface area contributed by atoms with E-state index < -0.39 is 0 Å². The molecule has 0 aliphatic heterocycles. The molecule has 0 amide bonds. The van der Waals surface area contributed by atoms with Crippen LogP contribution in [0.1, 0.15) is 22.7 Å². The number of oxazole rings is 1. The number of nitriles is 1. The molecule has 0 bridgehead atoms. The van der Waals surface area contributed by atoms with E-state index in [2.05, 4.69) is 10.3 Å². The van der Waals surface area contributed by atoms with Crippen LogP contribution in [0.25, 0.3) is 12.2 Å². The Bertz CT molecular complexity index is 830. The molecule has 2 aromatic carbocycles. The molecule has 4 heteroatoms. The van der Waals surface area contributed by atoms with Gasteiger partial charge >= 0.3 is 0 Å². The summed E-state index contributed by atoms with van der Waals surface area (Å²) in [6, 6.07) is 21.8. The number of rotatable bonds is 5. The highest BCUT2D eigenvalue weighted by Crippen LogP contribution is 2.19. The molecule has 0 unspecified atom stereocenters. The van der Waals surface area contributed by atoms with Gasteiger partial charge in [0.1, 0.15) is 6.07 Å². The third-order valence-corrected chi connectivity index (χ3v) is 3.26. The second-order valence-corrected chi connectivity index (χ2v) is 4.92. The predicted octanol–water partition coefficient (Wildman–Crippen LogP) is 4.33. The van der Waals surface area contributed by atoms with Gasteiger partial charge in [-0.1, -0.05) is 60.7 Å². The summed E-state index contributed by atoms with van der Waals surface area (Å²) in [5.41, 5.74) is 2.41. The van der Waals surface area contributed by atoms with E-state index in [0.29, 0.717) is 18.3 Å². The van der Waals surface area contributed by atoms with Crippen molar-refractivity contribution in [3.63, 3.8) is 0 Å². The van der Waals surface area contributed by atoms with Crippen LogP contribution in [0.15, 0.2) is 65.1 Å². The molecule has 0 aliphatic rings. The zero-order chi connectivity index (χ0) is 15.9. The molecule has 0 aliphatic carbocycles. The molecule has 0 saturated heterocycles. The zero-order valence-electron chi connectivity index (χ0n) is 12.4. The Labute approximate surface area is 134 Å². The lowest BCUT2D eigenvalue weighted by Crippen LogP contribution is -1.99. The Hall–Kier alpha value is -3.32. The minimum absolute atomic E-state index is 0.258. The summed E-state index contributed by atoms with van der Waals surface area (Å²) in [6.07, 6.45) is 3.65. The number of aromatic nitrogens is 1. The van der Waals surface area contributed by atoms with Gasteiger partial charge in [0.25, 0.3) is 0 Å². The van der Waals surface area contributed by atoms with Crippen molar-refractivity contribution >= 4 is 18.0 Å². The minimum Gasteiger partial charge on any atom is -0.420 e. The smallest absolute Gasteiger partial charge is 0.232 e. The van der Waals surface area contributed by atoms with Crippen LogP contribution in [0.4, 0.5) is 5.88 Å². The van der Waals surface area contributed by atoms with Gasteiger partial charge in [-0.15, -0.1) is 0 Å². The van der Waals surface area contributed by atoms with Crippen LogP contribution >= 0.6 is 0 Å². The predicted molar refractivity (Wildman–Crippen MR) is 90.4 cm³/mol. The molecule has 0 spiro atoms. The summed E-state index contributed by atoms with van der Waals surface area (Å²) in [6.45, 7) is 0.576. The Balaban J connectivity index is 1.73. The van der Waals surface area contributed by atoms with Gasteiger partial charge in [-0.3, -0.25) is 0 Å². The molecule has 3 aromatic rings. The fourth-order valence-corrected chi connectivity index (χ4v) is 2.11. The average Bonchev–Trinajstić information content (AvgIpc) is 3.02. The first-order chi connectivity index (χ1) is 11.3. The minimum atomic E-state index is 0.258. The van der Waals surface area contributed by atoms with Crippen molar-refractivity contribution in [3.05, 3.63) is 83.4 Å². The highest BCUT2D eigenvalue weighted by molar-refractivity contribution is 5.67. The van der Waals surface area contributed by atoms with E-state index in [1.54, 1.807) is 6.08 Å². The van der Waals surface area contributed by atoms with Gasteiger partial charge in [-0.05, 0) is 17.2 Å². The summed E-state index contributed by atoms with van der Waals surface area (Å²) < 4.78 is 5.62. The van der Waals surface area contributed by atoms with Gasteiger partial charge in [0.2, 0.25) is 17.5 Å². The summed E-state index contributed by atoms with van der Waals surface area (Å²) in [7, 11) is 0. The topological polar surface area (TPSA) is 61.9 Å². The van der Waals surface area contributed by atoms with Crippen molar-refractivity contribution in [2.75, 3.05) is 5.32 Å². The Kier molecular flexibility index (Phi) is 4.51. The van der Waals surface area contributed by atoms with Crippen LogP contribution in [-0.2, 0) is 6.54 Å². The number of hydrogen-bond acceptors (Lipinski definition) is 4.